The number of aromatic nitrogens is 5. The zero-order chi connectivity index (χ0) is 15.6. The molecular weight excluding hydrogens is 292 g/mol. The summed E-state index contributed by atoms with van der Waals surface area (Å²) in [6.45, 7) is 1.43. The van der Waals surface area contributed by atoms with Crippen molar-refractivity contribution in [2.24, 2.45) is 0 Å². The summed E-state index contributed by atoms with van der Waals surface area (Å²) < 4.78 is 2.00. The van der Waals surface area contributed by atoms with Gasteiger partial charge >= 0.3 is 0 Å². The molecule has 0 radical (unpaired) electrons. The molecule has 3 aromatic heterocycles. The molecule has 0 unspecified atom stereocenters. The van der Waals surface area contributed by atoms with Gasteiger partial charge in [-0.15, -0.1) is 0 Å². The van der Waals surface area contributed by atoms with Crippen molar-refractivity contribution in [3.8, 4) is 0 Å². The molecule has 0 aromatic carbocycles. The Morgan fingerprint density at radius 3 is 2.91 bits per heavy atom. The summed E-state index contributed by atoms with van der Waals surface area (Å²) in [4.78, 5) is 31.0. The fourth-order valence-corrected chi connectivity index (χ4v) is 3.16. The molecule has 1 aliphatic heterocycles. The number of fused-ring (bicyclic) bond motifs is 1. The van der Waals surface area contributed by atoms with Gasteiger partial charge in [0.1, 0.15) is 5.69 Å². The fraction of sp³-hybridized carbons (Fsp3) is 0.312. The van der Waals surface area contributed by atoms with Gasteiger partial charge in [0.2, 0.25) is 5.78 Å². The number of amides is 1. The third-order valence-corrected chi connectivity index (χ3v) is 4.24. The maximum absolute atomic E-state index is 12.6. The van der Waals surface area contributed by atoms with E-state index in [9.17, 15) is 4.79 Å². The highest BCUT2D eigenvalue weighted by Gasteiger charge is 2.27. The Morgan fingerprint density at radius 1 is 1.13 bits per heavy atom. The van der Waals surface area contributed by atoms with Gasteiger partial charge in [-0.1, -0.05) is 0 Å². The molecule has 0 spiro atoms. The summed E-state index contributed by atoms with van der Waals surface area (Å²) >= 11 is 0. The van der Waals surface area contributed by atoms with Crippen LogP contribution in [0.2, 0.25) is 0 Å². The van der Waals surface area contributed by atoms with Gasteiger partial charge in [0.15, 0.2) is 0 Å². The number of hydrogen-bond acceptors (Lipinski definition) is 5. The average molecular weight is 308 g/mol. The van der Waals surface area contributed by atoms with Crippen LogP contribution in [0.4, 0.5) is 0 Å². The van der Waals surface area contributed by atoms with Crippen molar-refractivity contribution in [3.63, 3.8) is 0 Å². The Labute approximate surface area is 133 Å². The second-order valence-corrected chi connectivity index (χ2v) is 5.65. The number of likely N-dealkylation sites (tertiary alicyclic amines) is 1. The number of imidazole rings is 1. The molecule has 0 aliphatic carbocycles. The van der Waals surface area contributed by atoms with Crippen LogP contribution >= 0.6 is 0 Å². The minimum absolute atomic E-state index is 0.0567. The topological polar surface area (TPSA) is 76.3 Å². The van der Waals surface area contributed by atoms with E-state index in [0.29, 0.717) is 18.0 Å². The molecule has 0 saturated carbocycles. The van der Waals surface area contributed by atoms with E-state index < -0.39 is 0 Å². The first-order valence-electron chi connectivity index (χ1n) is 7.66. The first-order valence-corrected chi connectivity index (χ1v) is 7.66. The maximum Gasteiger partial charge on any atom is 0.274 e. The summed E-state index contributed by atoms with van der Waals surface area (Å²) in [7, 11) is 0. The van der Waals surface area contributed by atoms with Gasteiger partial charge in [0, 0.05) is 55.7 Å². The monoisotopic (exact) mass is 308 g/mol. The molecule has 0 N–H and O–H groups in total. The quantitative estimate of drug-likeness (QED) is 0.718. The third kappa shape index (κ3) is 2.54. The van der Waals surface area contributed by atoms with E-state index in [1.165, 1.54) is 6.20 Å². The van der Waals surface area contributed by atoms with E-state index in [1.54, 1.807) is 24.8 Å². The van der Waals surface area contributed by atoms with Crippen LogP contribution in [0.3, 0.4) is 0 Å². The van der Waals surface area contributed by atoms with Crippen LogP contribution in [0.25, 0.3) is 5.78 Å². The molecule has 1 atom stereocenters. The summed E-state index contributed by atoms with van der Waals surface area (Å²) in [6.07, 6.45) is 12.1. The van der Waals surface area contributed by atoms with Crippen LogP contribution in [-0.4, -0.2) is 48.2 Å². The lowest BCUT2D eigenvalue weighted by molar-refractivity contribution is 0.0699. The van der Waals surface area contributed by atoms with Crippen molar-refractivity contribution in [2.45, 2.75) is 18.8 Å². The van der Waals surface area contributed by atoms with Crippen molar-refractivity contribution in [3.05, 3.63) is 54.6 Å². The highest BCUT2D eigenvalue weighted by atomic mass is 16.2. The highest BCUT2D eigenvalue weighted by molar-refractivity contribution is 5.92. The van der Waals surface area contributed by atoms with Crippen LogP contribution in [0.5, 0.6) is 0 Å². The highest BCUT2D eigenvalue weighted by Crippen LogP contribution is 2.27. The lowest BCUT2D eigenvalue weighted by atomic mass is 9.94. The summed E-state index contributed by atoms with van der Waals surface area (Å²) in [6, 6.07) is 2.01. The largest absolute Gasteiger partial charge is 0.337 e. The Morgan fingerprint density at radius 2 is 2.04 bits per heavy atom. The van der Waals surface area contributed by atoms with Crippen molar-refractivity contribution in [1.82, 2.24) is 29.2 Å². The molecule has 7 heteroatoms. The zero-order valence-corrected chi connectivity index (χ0v) is 12.5. The predicted molar refractivity (Wildman–Crippen MR) is 82.9 cm³/mol. The third-order valence-electron chi connectivity index (χ3n) is 4.24. The molecule has 1 aliphatic rings. The predicted octanol–water partition coefficient (Wildman–Crippen LogP) is 1.54. The Bertz CT molecular complexity index is 831. The molecular formula is C16H16N6O. The molecule has 4 heterocycles. The first-order chi connectivity index (χ1) is 11.3. The molecule has 1 saturated heterocycles. The summed E-state index contributed by atoms with van der Waals surface area (Å²) in [5, 5.41) is 0. The SMILES string of the molecule is O=C(c1cnccn1)N1CCC[C@@H](c2ccnc3nccn23)C1. The van der Waals surface area contributed by atoms with Crippen LogP contribution in [-0.2, 0) is 0 Å². The Kier molecular flexibility index (Phi) is 3.45. The zero-order valence-electron chi connectivity index (χ0n) is 12.5. The van der Waals surface area contributed by atoms with Crippen molar-refractivity contribution >= 4 is 11.7 Å². The second-order valence-electron chi connectivity index (χ2n) is 5.65. The molecule has 4 rings (SSSR count). The Balaban J connectivity index is 1.60. The average Bonchev–Trinajstić information content (AvgIpc) is 3.10. The maximum atomic E-state index is 12.6. The normalized spacial score (nSPS) is 18.3. The van der Waals surface area contributed by atoms with E-state index in [-0.39, 0.29) is 11.8 Å². The van der Waals surface area contributed by atoms with Crippen LogP contribution in [0.1, 0.15) is 34.9 Å². The molecule has 0 bridgehead atoms. The van der Waals surface area contributed by atoms with Crippen molar-refractivity contribution < 1.29 is 4.79 Å². The lowest BCUT2D eigenvalue weighted by Crippen LogP contribution is -2.39. The van der Waals surface area contributed by atoms with Gasteiger partial charge < -0.3 is 4.90 Å². The van der Waals surface area contributed by atoms with E-state index in [2.05, 4.69) is 19.9 Å². The fourth-order valence-electron chi connectivity index (χ4n) is 3.16. The van der Waals surface area contributed by atoms with E-state index >= 15 is 0 Å². The van der Waals surface area contributed by atoms with Crippen LogP contribution in [0.15, 0.2) is 43.2 Å². The Hall–Kier alpha value is -2.83. The van der Waals surface area contributed by atoms with E-state index in [0.717, 1.165) is 25.1 Å². The molecule has 116 valence electrons. The molecule has 3 aromatic rings. The van der Waals surface area contributed by atoms with Crippen LogP contribution in [0, 0.1) is 0 Å². The number of hydrogen-bond donors (Lipinski definition) is 0. The van der Waals surface area contributed by atoms with Crippen LogP contribution < -0.4 is 0 Å². The minimum atomic E-state index is -0.0567. The van der Waals surface area contributed by atoms with Gasteiger partial charge in [-0.2, -0.15) is 0 Å². The van der Waals surface area contributed by atoms with Crippen molar-refractivity contribution in [1.29, 1.82) is 0 Å². The van der Waals surface area contributed by atoms with Gasteiger partial charge in [-0.3, -0.25) is 14.2 Å². The van der Waals surface area contributed by atoms with E-state index in [1.807, 2.05) is 21.6 Å². The molecule has 23 heavy (non-hydrogen) atoms. The number of carbonyl (C=O) groups is 1. The smallest absolute Gasteiger partial charge is 0.274 e. The second kappa shape index (κ2) is 5.75. The molecule has 1 fully saturated rings. The van der Waals surface area contributed by atoms with E-state index in [4.69, 9.17) is 0 Å². The van der Waals surface area contributed by atoms with Gasteiger partial charge in [-0.05, 0) is 18.9 Å². The number of rotatable bonds is 2. The minimum Gasteiger partial charge on any atom is -0.337 e. The lowest BCUT2D eigenvalue weighted by Gasteiger charge is -2.32. The standard InChI is InChI=1S/C16H16N6O/c23-15(13-10-17-5-6-18-13)21-8-1-2-12(11-21)14-3-4-19-16-20-7-9-22(14)16/h3-7,9-10,12H,1-2,8,11H2/t12-/m1/s1. The number of nitrogens with zero attached hydrogens (tertiary/aromatic N) is 6. The number of carbonyl (C=O) groups excluding carboxylic acids is 1. The first kappa shape index (κ1) is 13.8. The number of piperidine rings is 1. The van der Waals surface area contributed by atoms with Gasteiger partial charge in [-0.25, -0.2) is 15.0 Å². The summed E-state index contributed by atoms with van der Waals surface area (Å²) in [5.41, 5.74) is 1.54. The molecule has 7 nitrogen and oxygen atoms in total. The molecule has 1 amide bonds. The van der Waals surface area contributed by atoms with Crippen molar-refractivity contribution in [2.75, 3.05) is 13.1 Å². The summed E-state index contributed by atoms with van der Waals surface area (Å²) in [5.74, 6) is 0.905. The van der Waals surface area contributed by atoms with Gasteiger partial charge in [0.05, 0.1) is 6.20 Å². The van der Waals surface area contributed by atoms with Gasteiger partial charge in [0.25, 0.3) is 5.91 Å².